The maximum absolute atomic E-state index is 13.0. The number of nitriles is 1. The molecule has 2 aromatic rings. The van der Waals surface area contributed by atoms with Gasteiger partial charge in [-0.05, 0) is 43.7 Å². The van der Waals surface area contributed by atoms with Crippen LogP contribution >= 0.6 is 11.6 Å². The van der Waals surface area contributed by atoms with Crippen LogP contribution in [-0.2, 0) is 9.53 Å². The van der Waals surface area contributed by atoms with Gasteiger partial charge < -0.3 is 4.74 Å². The maximum Gasteiger partial charge on any atom is 0.330 e. The van der Waals surface area contributed by atoms with Gasteiger partial charge in [0.05, 0.1) is 24.1 Å². The Kier molecular flexibility index (Phi) is 6.10. The van der Waals surface area contributed by atoms with Crippen molar-refractivity contribution in [2.75, 3.05) is 6.61 Å². The highest BCUT2D eigenvalue weighted by atomic mass is 35.5. The average molecular weight is 348 g/mol. The third-order valence-electron chi connectivity index (χ3n) is 3.18. The molecule has 0 N–H and O–H groups in total. The number of hydrogen-bond acceptors (Lipinski definition) is 4. The zero-order valence-corrected chi connectivity index (χ0v) is 13.8. The molecular weight excluding hydrogens is 333 g/mol. The van der Waals surface area contributed by atoms with Crippen molar-refractivity contribution in [2.45, 2.75) is 19.8 Å². The SMILES string of the molecule is Cc1nn(-c2ccc(F)cc2)c(Cl)c1/C=C/C(=O)OCCCC#N. The molecule has 0 spiro atoms. The number of aryl methyl sites for hydroxylation is 1. The van der Waals surface area contributed by atoms with Gasteiger partial charge in [-0.15, -0.1) is 0 Å². The van der Waals surface area contributed by atoms with Gasteiger partial charge in [0, 0.05) is 18.1 Å². The van der Waals surface area contributed by atoms with E-state index in [2.05, 4.69) is 5.10 Å². The quantitative estimate of drug-likeness (QED) is 0.452. The number of esters is 1. The molecule has 24 heavy (non-hydrogen) atoms. The van der Waals surface area contributed by atoms with Crippen molar-refractivity contribution >= 4 is 23.6 Å². The molecule has 0 aliphatic rings. The second kappa shape index (κ2) is 8.27. The van der Waals surface area contributed by atoms with Gasteiger partial charge in [0.15, 0.2) is 0 Å². The minimum absolute atomic E-state index is 0.193. The molecular formula is C17H15ClFN3O2. The molecule has 0 fully saturated rings. The van der Waals surface area contributed by atoms with E-state index in [4.69, 9.17) is 21.6 Å². The first-order valence-electron chi connectivity index (χ1n) is 7.25. The van der Waals surface area contributed by atoms with E-state index in [-0.39, 0.29) is 12.4 Å². The number of nitrogens with zero attached hydrogens (tertiary/aromatic N) is 3. The van der Waals surface area contributed by atoms with Crippen LogP contribution in [-0.4, -0.2) is 22.4 Å². The number of benzene rings is 1. The normalized spacial score (nSPS) is 10.8. The second-order valence-corrected chi connectivity index (χ2v) is 5.30. The number of rotatable bonds is 6. The number of halogens is 2. The van der Waals surface area contributed by atoms with Crippen molar-refractivity contribution in [2.24, 2.45) is 0 Å². The Morgan fingerprint density at radius 2 is 2.17 bits per heavy atom. The lowest BCUT2D eigenvalue weighted by atomic mass is 10.2. The van der Waals surface area contributed by atoms with E-state index >= 15 is 0 Å². The van der Waals surface area contributed by atoms with Gasteiger partial charge in [-0.25, -0.2) is 13.9 Å². The fourth-order valence-electron chi connectivity index (χ4n) is 1.98. The Morgan fingerprint density at radius 1 is 1.46 bits per heavy atom. The summed E-state index contributed by atoms with van der Waals surface area (Å²) in [6, 6.07) is 7.73. The van der Waals surface area contributed by atoms with Crippen LogP contribution in [0.25, 0.3) is 11.8 Å². The monoisotopic (exact) mass is 347 g/mol. The van der Waals surface area contributed by atoms with Crippen LogP contribution in [0.2, 0.25) is 5.15 Å². The largest absolute Gasteiger partial charge is 0.462 e. The number of unbranched alkanes of at least 4 members (excludes halogenated alkanes) is 1. The predicted molar refractivity (Wildman–Crippen MR) is 88.1 cm³/mol. The van der Waals surface area contributed by atoms with Gasteiger partial charge in [-0.2, -0.15) is 10.4 Å². The van der Waals surface area contributed by atoms with Crippen LogP contribution < -0.4 is 0 Å². The molecule has 0 aliphatic heterocycles. The Labute approximate surface area is 143 Å². The van der Waals surface area contributed by atoms with E-state index in [0.717, 1.165) is 0 Å². The Morgan fingerprint density at radius 3 is 2.83 bits per heavy atom. The van der Waals surface area contributed by atoms with Gasteiger partial charge in [-0.3, -0.25) is 0 Å². The zero-order chi connectivity index (χ0) is 17.5. The van der Waals surface area contributed by atoms with Crippen molar-refractivity contribution in [1.29, 1.82) is 5.26 Å². The molecule has 1 aromatic carbocycles. The smallest absolute Gasteiger partial charge is 0.330 e. The summed E-state index contributed by atoms with van der Waals surface area (Å²) in [5.74, 6) is -0.865. The molecule has 124 valence electrons. The van der Waals surface area contributed by atoms with E-state index in [1.807, 2.05) is 6.07 Å². The highest BCUT2D eigenvalue weighted by Gasteiger charge is 2.13. The number of ether oxygens (including phenoxy) is 1. The topological polar surface area (TPSA) is 67.9 Å². The van der Waals surface area contributed by atoms with Gasteiger partial charge in [-0.1, -0.05) is 11.6 Å². The first-order chi connectivity index (χ1) is 11.5. The summed E-state index contributed by atoms with van der Waals surface area (Å²) in [6.45, 7) is 1.95. The van der Waals surface area contributed by atoms with Gasteiger partial charge in [0.2, 0.25) is 0 Å². The standard InChI is InChI=1S/C17H15ClFN3O2/c1-12-15(8-9-16(23)24-11-3-2-10-20)17(18)22(21-12)14-6-4-13(19)5-7-14/h4-9H,2-3,11H2,1H3/b9-8+. The molecule has 0 amide bonds. The molecule has 0 unspecified atom stereocenters. The molecule has 0 saturated heterocycles. The summed E-state index contributed by atoms with van der Waals surface area (Å²) in [4.78, 5) is 11.6. The molecule has 2 rings (SSSR count). The number of aromatic nitrogens is 2. The average Bonchev–Trinajstić information content (AvgIpc) is 2.85. The minimum Gasteiger partial charge on any atom is -0.462 e. The van der Waals surface area contributed by atoms with Crippen molar-refractivity contribution in [3.63, 3.8) is 0 Å². The van der Waals surface area contributed by atoms with Crippen LogP contribution in [0.15, 0.2) is 30.3 Å². The lowest BCUT2D eigenvalue weighted by Crippen LogP contribution is -2.01. The Balaban J connectivity index is 2.11. The summed E-state index contributed by atoms with van der Waals surface area (Å²) in [5.41, 5.74) is 1.82. The Bertz CT molecular complexity index is 791. The molecule has 5 nitrogen and oxygen atoms in total. The first kappa shape index (κ1) is 17.7. The summed E-state index contributed by atoms with van der Waals surface area (Å²) in [6.07, 6.45) is 3.62. The van der Waals surface area contributed by atoms with Crippen LogP contribution in [0.1, 0.15) is 24.1 Å². The summed E-state index contributed by atoms with van der Waals surface area (Å²) >= 11 is 6.30. The van der Waals surface area contributed by atoms with E-state index in [1.165, 1.54) is 29.0 Å². The zero-order valence-electron chi connectivity index (χ0n) is 13.0. The van der Waals surface area contributed by atoms with E-state index in [0.29, 0.717) is 34.9 Å². The molecule has 0 atom stereocenters. The van der Waals surface area contributed by atoms with E-state index in [9.17, 15) is 9.18 Å². The molecule has 1 heterocycles. The van der Waals surface area contributed by atoms with Crippen molar-refractivity contribution in [3.8, 4) is 11.8 Å². The van der Waals surface area contributed by atoms with E-state index < -0.39 is 5.97 Å². The van der Waals surface area contributed by atoms with Crippen LogP contribution in [0.4, 0.5) is 4.39 Å². The first-order valence-corrected chi connectivity index (χ1v) is 7.63. The van der Waals surface area contributed by atoms with Gasteiger partial charge in [0.1, 0.15) is 11.0 Å². The van der Waals surface area contributed by atoms with E-state index in [1.54, 1.807) is 19.1 Å². The number of hydrogen-bond donors (Lipinski definition) is 0. The fourth-order valence-corrected chi connectivity index (χ4v) is 2.31. The molecule has 7 heteroatoms. The minimum atomic E-state index is -0.516. The Hall–Kier alpha value is -2.65. The highest BCUT2D eigenvalue weighted by Crippen LogP contribution is 2.24. The molecule has 0 aliphatic carbocycles. The summed E-state index contributed by atoms with van der Waals surface area (Å²) in [7, 11) is 0. The maximum atomic E-state index is 13.0. The molecule has 0 saturated carbocycles. The third kappa shape index (κ3) is 4.43. The predicted octanol–water partition coefficient (Wildman–Crippen LogP) is 3.83. The lowest BCUT2D eigenvalue weighted by Gasteiger charge is -2.02. The molecule has 0 radical (unpaired) electrons. The van der Waals surface area contributed by atoms with Crippen molar-refractivity contribution in [1.82, 2.24) is 9.78 Å². The molecule has 1 aromatic heterocycles. The van der Waals surface area contributed by atoms with Gasteiger partial charge >= 0.3 is 5.97 Å². The summed E-state index contributed by atoms with van der Waals surface area (Å²) < 4.78 is 19.4. The third-order valence-corrected chi connectivity index (χ3v) is 3.55. The van der Waals surface area contributed by atoms with Crippen LogP contribution in [0, 0.1) is 24.1 Å². The van der Waals surface area contributed by atoms with Crippen molar-refractivity contribution in [3.05, 3.63) is 52.6 Å². The number of carbonyl (C=O) groups excluding carboxylic acids is 1. The van der Waals surface area contributed by atoms with Crippen LogP contribution in [0.3, 0.4) is 0 Å². The van der Waals surface area contributed by atoms with Crippen LogP contribution in [0.5, 0.6) is 0 Å². The van der Waals surface area contributed by atoms with Crippen molar-refractivity contribution < 1.29 is 13.9 Å². The van der Waals surface area contributed by atoms with Gasteiger partial charge in [0.25, 0.3) is 0 Å². The lowest BCUT2D eigenvalue weighted by molar-refractivity contribution is -0.137. The fraction of sp³-hybridized carbons (Fsp3) is 0.235. The highest BCUT2D eigenvalue weighted by molar-refractivity contribution is 6.31. The summed E-state index contributed by atoms with van der Waals surface area (Å²) in [5, 5.41) is 13.0. The number of carbonyl (C=O) groups is 1. The second-order valence-electron chi connectivity index (χ2n) is 4.94. The molecule has 0 bridgehead atoms.